The molecule has 0 aliphatic heterocycles. The van der Waals surface area contributed by atoms with Gasteiger partial charge >= 0.3 is 5.97 Å². The lowest BCUT2D eigenvalue weighted by atomic mass is 10.1. The van der Waals surface area contributed by atoms with Crippen molar-refractivity contribution < 1.29 is 22.1 Å². The highest BCUT2D eigenvalue weighted by atomic mass is 35.5. The molecule has 0 spiro atoms. The smallest absolute Gasteiger partial charge is 0.341 e. The van der Waals surface area contributed by atoms with Crippen molar-refractivity contribution in [2.45, 2.75) is 11.0 Å². The van der Waals surface area contributed by atoms with Crippen LogP contribution in [0.15, 0.2) is 59.5 Å². The first kappa shape index (κ1) is 16.5. The predicted octanol–water partition coefficient (Wildman–Crippen LogP) is 2.96. The van der Waals surface area contributed by atoms with Crippen LogP contribution >= 0.6 is 11.6 Å². The molecule has 116 valence electrons. The molecule has 0 aromatic heterocycles. The predicted molar refractivity (Wildman–Crippen MR) is 80.9 cm³/mol. The summed E-state index contributed by atoms with van der Waals surface area (Å²) in [6, 6.07) is 13.8. The molecule has 5 nitrogen and oxygen atoms in total. The second kappa shape index (κ2) is 6.91. The molecule has 2 aromatic rings. The molecule has 2 aromatic carbocycles. The lowest BCUT2D eigenvalue weighted by molar-refractivity contribution is -0.149. The maximum atomic E-state index is 12.3. The minimum Gasteiger partial charge on any atom is -0.467 e. The van der Waals surface area contributed by atoms with E-state index in [2.05, 4.69) is 4.74 Å². The molecule has 0 heterocycles. The minimum atomic E-state index is -4.14. The quantitative estimate of drug-likeness (QED) is 0.618. The summed E-state index contributed by atoms with van der Waals surface area (Å²) in [6.45, 7) is 0. The highest BCUT2D eigenvalue weighted by molar-refractivity contribution is 7.86. The van der Waals surface area contributed by atoms with Gasteiger partial charge in [-0.1, -0.05) is 48.0 Å². The summed E-state index contributed by atoms with van der Waals surface area (Å²) in [4.78, 5) is 11.8. The number of benzene rings is 2. The van der Waals surface area contributed by atoms with E-state index in [0.29, 0.717) is 0 Å². The van der Waals surface area contributed by atoms with Crippen LogP contribution in [0.3, 0.4) is 0 Å². The molecule has 0 amide bonds. The van der Waals surface area contributed by atoms with Crippen LogP contribution in [0.5, 0.6) is 0 Å². The maximum absolute atomic E-state index is 12.3. The number of rotatable bonds is 5. The molecule has 0 saturated carbocycles. The summed E-state index contributed by atoms with van der Waals surface area (Å²) in [7, 11) is -3.00. The standard InChI is InChI=1S/C15H13ClO5S/c1-20-15(17)14(12-9-5-6-10-13(12)16)21-22(18,19)11-7-3-2-4-8-11/h2-10,14H,1H3. The number of esters is 1. The maximum Gasteiger partial charge on any atom is 0.341 e. The van der Waals surface area contributed by atoms with Gasteiger partial charge in [-0.3, -0.25) is 0 Å². The molecule has 0 aliphatic rings. The second-order valence-electron chi connectivity index (χ2n) is 4.29. The zero-order valence-corrected chi connectivity index (χ0v) is 13.2. The Bertz CT molecular complexity index is 759. The third-order valence-electron chi connectivity index (χ3n) is 2.86. The minimum absolute atomic E-state index is 0.0593. The van der Waals surface area contributed by atoms with Gasteiger partial charge in [0.25, 0.3) is 10.1 Å². The molecule has 7 heteroatoms. The highest BCUT2D eigenvalue weighted by Gasteiger charge is 2.31. The van der Waals surface area contributed by atoms with Crippen LogP contribution in [0.25, 0.3) is 0 Å². The van der Waals surface area contributed by atoms with E-state index in [1.165, 1.54) is 24.3 Å². The van der Waals surface area contributed by atoms with Crippen molar-refractivity contribution >= 4 is 27.7 Å². The van der Waals surface area contributed by atoms with Crippen molar-refractivity contribution in [3.05, 3.63) is 65.2 Å². The van der Waals surface area contributed by atoms with Gasteiger partial charge in [-0.05, 0) is 18.2 Å². The van der Waals surface area contributed by atoms with Gasteiger partial charge in [-0.25, -0.2) is 8.98 Å². The molecule has 1 unspecified atom stereocenters. The number of ether oxygens (including phenoxy) is 1. The van der Waals surface area contributed by atoms with E-state index in [1.807, 2.05) is 0 Å². The van der Waals surface area contributed by atoms with E-state index in [0.717, 1.165) is 7.11 Å². The van der Waals surface area contributed by atoms with Crippen molar-refractivity contribution in [2.24, 2.45) is 0 Å². The molecule has 0 N–H and O–H groups in total. The summed E-state index contributed by atoms with van der Waals surface area (Å²) < 4.78 is 34.2. The Morgan fingerprint density at radius 3 is 2.23 bits per heavy atom. The van der Waals surface area contributed by atoms with Gasteiger partial charge in [-0.2, -0.15) is 8.42 Å². The molecule has 0 radical (unpaired) electrons. The number of hydrogen-bond donors (Lipinski definition) is 0. The summed E-state index contributed by atoms with van der Waals surface area (Å²) >= 11 is 6.01. The molecule has 1 atom stereocenters. The third-order valence-corrected chi connectivity index (χ3v) is 4.50. The van der Waals surface area contributed by atoms with Crippen molar-refractivity contribution in [3.63, 3.8) is 0 Å². The monoisotopic (exact) mass is 340 g/mol. The van der Waals surface area contributed by atoms with E-state index in [4.69, 9.17) is 15.8 Å². The van der Waals surface area contributed by atoms with Crippen molar-refractivity contribution in [1.29, 1.82) is 0 Å². The van der Waals surface area contributed by atoms with Crippen LogP contribution in [0, 0.1) is 0 Å². The van der Waals surface area contributed by atoms with Gasteiger partial charge in [0.15, 0.2) is 0 Å². The lowest BCUT2D eigenvalue weighted by Gasteiger charge is -2.16. The van der Waals surface area contributed by atoms with Crippen LogP contribution in [-0.4, -0.2) is 21.5 Å². The van der Waals surface area contributed by atoms with Crippen molar-refractivity contribution in [2.75, 3.05) is 7.11 Å². The third kappa shape index (κ3) is 3.65. The molecular weight excluding hydrogens is 328 g/mol. The fourth-order valence-electron chi connectivity index (χ4n) is 1.78. The number of methoxy groups -OCH3 is 1. The molecule has 0 bridgehead atoms. The fourth-order valence-corrected chi connectivity index (χ4v) is 3.05. The average Bonchev–Trinajstić information content (AvgIpc) is 2.53. The largest absolute Gasteiger partial charge is 0.467 e. The summed E-state index contributed by atoms with van der Waals surface area (Å²) in [5, 5.41) is 0.209. The Labute approximate surface area is 133 Å². The van der Waals surface area contributed by atoms with E-state index in [9.17, 15) is 13.2 Å². The van der Waals surface area contributed by atoms with E-state index in [-0.39, 0.29) is 15.5 Å². The zero-order valence-electron chi connectivity index (χ0n) is 11.6. The first-order valence-electron chi connectivity index (χ1n) is 6.26. The Balaban J connectivity index is 2.41. The van der Waals surface area contributed by atoms with Gasteiger partial charge in [0.05, 0.1) is 12.0 Å². The zero-order chi connectivity index (χ0) is 16.2. The topological polar surface area (TPSA) is 69.7 Å². The SMILES string of the molecule is COC(=O)C(OS(=O)(=O)c1ccccc1)c1ccccc1Cl. The van der Waals surface area contributed by atoms with Crippen LogP contribution in [0.4, 0.5) is 0 Å². The van der Waals surface area contributed by atoms with Gasteiger partial charge in [0.2, 0.25) is 6.10 Å². The van der Waals surface area contributed by atoms with Crippen LogP contribution in [0.1, 0.15) is 11.7 Å². The van der Waals surface area contributed by atoms with Gasteiger partial charge in [0.1, 0.15) is 0 Å². The van der Waals surface area contributed by atoms with Gasteiger partial charge in [-0.15, -0.1) is 0 Å². The summed E-state index contributed by atoms with van der Waals surface area (Å²) in [5.74, 6) is -0.854. The number of halogens is 1. The van der Waals surface area contributed by atoms with Crippen LogP contribution < -0.4 is 0 Å². The Morgan fingerprint density at radius 2 is 1.64 bits per heavy atom. The van der Waals surface area contributed by atoms with Crippen molar-refractivity contribution in [3.8, 4) is 0 Å². The fraction of sp³-hybridized carbons (Fsp3) is 0.133. The van der Waals surface area contributed by atoms with Gasteiger partial charge in [0, 0.05) is 10.6 Å². The molecule has 0 saturated heterocycles. The van der Waals surface area contributed by atoms with E-state index in [1.54, 1.807) is 30.3 Å². The molecular formula is C15H13ClO5S. The normalized spacial score (nSPS) is 12.6. The number of hydrogen-bond acceptors (Lipinski definition) is 5. The Morgan fingerprint density at radius 1 is 1.05 bits per heavy atom. The van der Waals surface area contributed by atoms with E-state index >= 15 is 0 Å². The Kier molecular flexibility index (Phi) is 5.18. The summed E-state index contributed by atoms with van der Waals surface area (Å²) in [5.41, 5.74) is 0.218. The van der Waals surface area contributed by atoms with Crippen LogP contribution in [0.2, 0.25) is 5.02 Å². The molecule has 0 fully saturated rings. The number of carbonyl (C=O) groups is 1. The lowest BCUT2D eigenvalue weighted by Crippen LogP contribution is -2.21. The average molecular weight is 341 g/mol. The highest BCUT2D eigenvalue weighted by Crippen LogP contribution is 2.29. The summed E-state index contributed by atoms with van der Waals surface area (Å²) in [6.07, 6.45) is -1.47. The Hall–Kier alpha value is -1.89. The second-order valence-corrected chi connectivity index (χ2v) is 6.27. The molecule has 22 heavy (non-hydrogen) atoms. The van der Waals surface area contributed by atoms with Crippen LogP contribution in [-0.2, 0) is 23.8 Å². The van der Waals surface area contributed by atoms with Crippen molar-refractivity contribution in [1.82, 2.24) is 0 Å². The molecule has 0 aliphatic carbocycles. The first-order valence-corrected chi connectivity index (χ1v) is 8.05. The van der Waals surface area contributed by atoms with Gasteiger partial charge < -0.3 is 4.74 Å². The molecule has 2 rings (SSSR count). The first-order chi connectivity index (χ1) is 10.5. The number of carbonyl (C=O) groups excluding carboxylic acids is 1. The van der Waals surface area contributed by atoms with E-state index < -0.39 is 22.2 Å².